The third kappa shape index (κ3) is 3.15. The molecule has 0 N–H and O–H groups in total. The van der Waals surface area contributed by atoms with E-state index in [9.17, 15) is 4.79 Å². The lowest BCUT2D eigenvalue weighted by Gasteiger charge is -2.35. The van der Waals surface area contributed by atoms with E-state index >= 15 is 0 Å². The largest absolute Gasteiger partial charge is 0.355 e. The standard InChI is InChI=1S/C19H17ClN4O2/c20-16-6-2-1-5-14(16)18-15(13-22-26-18)19(25)24-11-9-23(10-12-24)17-7-3-4-8-21-17/h1-8,13H,9-12H2. The fourth-order valence-electron chi connectivity index (χ4n) is 3.08. The van der Waals surface area contributed by atoms with Crippen LogP contribution < -0.4 is 4.90 Å². The minimum Gasteiger partial charge on any atom is -0.355 e. The molecule has 1 amide bonds. The van der Waals surface area contributed by atoms with Crippen LogP contribution in [0.5, 0.6) is 0 Å². The molecule has 132 valence electrons. The Labute approximate surface area is 156 Å². The van der Waals surface area contributed by atoms with Crippen LogP contribution in [0.15, 0.2) is 59.4 Å². The molecule has 6 nitrogen and oxygen atoms in total. The molecule has 3 heterocycles. The monoisotopic (exact) mass is 368 g/mol. The molecule has 1 aliphatic rings. The van der Waals surface area contributed by atoms with Crippen LogP contribution in [0, 0.1) is 0 Å². The van der Waals surface area contributed by atoms with E-state index in [-0.39, 0.29) is 5.91 Å². The van der Waals surface area contributed by atoms with Gasteiger partial charge in [-0.25, -0.2) is 4.98 Å². The highest BCUT2D eigenvalue weighted by Gasteiger charge is 2.27. The molecule has 0 saturated carbocycles. The number of rotatable bonds is 3. The Bertz CT molecular complexity index is 905. The zero-order valence-corrected chi connectivity index (χ0v) is 14.8. The number of nitrogens with zero attached hydrogens (tertiary/aromatic N) is 4. The van der Waals surface area contributed by atoms with Crippen molar-refractivity contribution in [2.45, 2.75) is 0 Å². The van der Waals surface area contributed by atoms with Gasteiger partial charge in [-0.3, -0.25) is 4.79 Å². The number of hydrogen-bond donors (Lipinski definition) is 0. The summed E-state index contributed by atoms with van der Waals surface area (Å²) in [4.78, 5) is 21.3. The first-order valence-corrected chi connectivity index (χ1v) is 8.76. The zero-order valence-electron chi connectivity index (χ0n) is 14.0. The lowest BCUT2D eigenvalue weighted by Crippen LogP contribution is -2.49. The van der Waals surface area contributed by atoms with E-state index in [1.165, 1.54) is 6.20 Å². The van der Waals surface area contributed by atoms with Crippen molar-refractivity contribution in [2.24, 2.45) is 0 Å². The predicted octanol–water partition coefficient (Wildman–Crippen LogP) is 3.35. The Morgan fingerprint density at radius 1 is 1.04 bits per heavy atom. The molecule has 26 heavy (non-hydrogen) atoms. The van der Waals surface area contributed by atoms with Crippen molar-refractivity contribution in [3.63, 3.8) is 0 Å². The molecule has 0 aliphatic carbocycles. The van der Waals surface area contributed by atoms with Crippen LogP contribution in [0.1, 0.15) is 10.4 Å². The number of anilines is 1. The zero-order chi connectivity index (χ0) is 17.9. The fraction of sp³-hybridized carbons (Fsp3) is 0.211. The van der Waals surface area contributed by atoms with Gasteiger partial charge in [-0.05, 0) is 24.3 Å². The van der Waals surface area contributed by atoms with Crippen molar-refractivity contribution in [2.75, 3.05) is 31.1 Å². The summed E-state index contributed by atoms with van der Waals surface area (Å²) in [5.74, 6) is 1.25. The molecule has 4 rings (SSSR count). The van der Waals surface area contributed by atoms with Gasteiger partial charge in [0.2, 0.25) is 0 Å². The van der Waals surface area contributed by atoms with Gasteiger partial charge < -0.3 is 14.3 Å². The fourth-order valence-corrected chi connectivity index (χ4v) is 3.30. The third-order valence-corrected chi connectivity index (χ3v) is 4.79. The molecular weight excluding hydrogens is 352 g/mol. The van der Waals surface area contributed by atoms with Gasteiger partial charge in [0.05, 0.1) is 11.2 Å². The van der Waals surface area contributed by atoms with Crippen molar-refractivity contribution >= 4 is 23.3 Å². The van der Waals surface area contributed by atoms with Gasteiger partial charge in [0.25, 0.3) is 5.91 Å². The second-order valence-corrected chi connectivity index (χ2v) is 6.42. The number of piperazine rings is 1. The maximum Gasteiger partial charge on any atom is 0.259 e. The van der Waals surface area contributed by atoms with E-state index in [0.29, 0.717) is 35.0 Å². The van der Waals surface area contributed by atoms with Crippen LogP contribution in [-0.4, -0.2) is 47.1 Å². The van der Waals surface area contributed by atoms with E-state index in [4.69, 9.17) is 16.1 Å². The van der Waals surface area contributed by atoms with Gasteiger partial charge in [0, 0.05) is 37.9 Å². The predicted molar refractivity (Wildman–Crippen MR) is 99.3 cm³/mol. The van der Waals surface area contributed by atoms with Gasteiger partial charge in [-0.2, -0.15) is 0 Å². The van der Waals surface area contributed by atoms with E-state index in [0.717, 1.165) is 18.9 Å². The first-order chi connectivity index (χ1) is 12.7. The molecule has 0 bridgehead atoms. The second-order valence-electron chi connectivity index (χ2n) is 6.02. The molecule has 1 aliphatic heterocycles. The number of hydrogen-bond acceptors (Lipinski definition) is 5. The van der Waals surface area contributed by atoms with Gasteiger partial charge in [-0.15, -0.1) is 0 Å². The number of carbonyl (C=O) groups excluding carboxylic acids is 1. The third-order valence-electron chi connectivity index (χ3n) is 4.46. The number of benzene rings is 1. The van der Waals surface area contributed by atoms with E-state index in [2.05, 4.69) is 15.0 Å². The molecule has 3 aromatic rings. The molecule has 7 heteroatoms. The highest BCUT2D eigenvalue weighted by atomic mass is 35.5. The summed E-state index contributed by atoms with van der Waals surface area (Å²) in [5, 5.41) is 4.34. The Kier molecular flexibility index (Phi) is 4.58. The van der Waals surface area contributed by atoms with Gasteiger partial charge in [-0.1, -0.05) is 35.0 Å². The van der Waals surface area contributed by atoms with Gasteiger partial charge in [0.1, 0.15) is 11.4 Å². The second kappa shape index (κ2) is 7.17. The molecule has 2 aromatic heterocycles. The van der Waals surface area contributed by atoms with Gasteiger partial charge >= 0.3 is 0 Å². The molecule has 0 radical (unpaired) electrons. The van der Waals surface area contributed by atoms with E-state index in [1.807, 2.05) is 41.3 Å². The smallest absolute Gasteiger partial charge is 0.259 e. The number of aromatic nitrogens is 2. The van der Waals surface area contributed by atoms with Crippen LogP contribution in [0.2, 0.25) is 5.02 Å². The first kappa shape index (κ1) is 16.6. The van der Waals surface area contributed by atoms with Crippen molar-refractivity contribution in [1.29, 1.82) is 0 Å². The summed E-state index contributed by atoms with van der Waals surface area (Å²) in [6.45, 7) is 2.69. The molecule has 1 fully saturated rings. The van der Waals surface area contributed by atoms with Crippen molar-refractivity contribution < 1.29 is 9.32 Å². The summed E-state index contributed by atoms with van der Waals surface area (Å²) < 4.78 is 5.33. The van der Waals surface area contributed by atoms with Crippen LogP contribution in [0.4, 0.5) is 5.82 Å². The highest BCUT2D eigenvalue weighted by molar-refractivity contribution is 6.33. The maximum absolute atomic E-state index is 13.0. The maximum atomic E-state index is 13.0. The Hall–Kier alpha value is -2.86. The SMILES string of the molecule is O=C(c1cnoc1-c1ccccc1Cl)N1CCN(c2ccccn2)CC1. The highest BCUT2D eigenvalue weighted by Crippen LogP contribution is 2.31. The minimum atomic E-state index is -0.0955. The molecule has 1 aromatic carbocycles. The summed E-state index contributed by atoms with van der Waals surface area (Å²) in [5.41, 5.74) is 1.10. The summed E-state index contributed by atoms with van der Waals surface area (Å²) in [6.07, 6.45) is 3.24. The van der Waals surface area contributed by atoms with Crippen LogP contribution in [0.25, 0.3) is 11.3 Å². The van der Waals surface area contributed by atoms with Crippen LogP contribution in [-0.2, 0) is 0 Å². The summed E-state index contributed by atoms with van der Waals surface area (Å²) >= 11 is 6.24. The normalized spacial score (nSPS) is 14.5. The Balaban J connectivity index is 1.50. The number of pyridine rings is 1. The van der Waals surface area contributed by atoms with Crippen molar-refractivity contribution in [3.05, 3.63) is 65.4 Å². The van der Waals surface area contributed by atoms with Crippen molar-refractivity contribution in [1.82, 2.24) is 15.0 Å². The average molecular weight is 369 g/mol. The van der Waals surface area contributed by atoms with E-state index < -0.39 is 0 Å². The summed E-state index contributed by atoms with van der Waals surface area (Å²) in [6, 6.07) is 13.1. The summed E-state index contributed by atoms with van der Waals surface area (Å²) in [7, 11) is 0. The minimum absolute atomic E-state index is 0.0955. The van der Waals surface area contributed by atoms with Crippen LogP contribution in [0.3, 0.4) is 0 Å². The lowest BCUT2D eigenvalue weighted by atomic mass is 10.1. The number of amides is 1. The average Bonchev–Trinajstić information content (AvgIpc) is 3.18. The Morgan fingerprint density at radius 2 is 1.81 bits per heavy atom. The van der Waals surface area contributed by atoms with E-state index in [1.54, 1.807) is 12.3 Å². The number of carbonyl (C=O) groups is 1. The Morgan fingerprint density at radius 3 is 2.54 bits per heavy atom. The topological polar surface area (TPSA) is 62.5 Å². The number of halogens is 1. The molecule has 0 unspecified atom stereocenters. The quantitative estimate of drug-likeness (QED) is 0.709. The first-order valence-electron chi connectivity index (χ1n) is 8.39. The molecule has 1 saturated heterocycles. The molecular formula is C19H17ClN4O2. The van der Waals surface area contributed by atoms with Crippen LogP contribution >= 0.6 is 11.6 Å². The lowest BCUT2D eigenvalue weighted by molar-refractivity contribution is 0.0747. The molecule has 0 atom stereocenters. The van der Waals surface area contributed by atoms with Gasteiger partial charge in [0.15, 0.2) is 5.76 Å². The molecule has 0 spiro atoms. The van der Waals surface area contributed by atoms with Crippen molar-refractivity contribution in [3.8, 4) is 11.3 Å².